The van der Waals surface area contributed by atoms with E-state index in [0.29, 0.717) is 37.1 Å². The quantitative estimate of drug-likeness (QED) is 0.0646. The minimum absolute atomic E-state index is 0.118. The van der Waals surface area contributed by atoms with E-state index in [-0.39, 0.29) is 23.5 Å². The molecule has 0 aliphatic rings. The third-order valence-corrected chi connectivity index (χ3v) is 10.3. The van der Waals surface area contributed by atoms with Crippen molar-refractivity contribution >= 4 is 92.6 Å². The van der Waals surface area contributed by atoms with Crippen LogP contribution >= 0.6 is 57.6 Å². The molecule has 0 aliphatic carbocycles. The third-order valence-electron chi connectivity index (χ3n) is 6.58. The van der Waals surface area contributed by atoms with Crippen LogP contribution in [0.1, 0.15) is 109 Å². The van der Waals surface area contributed by atoms with Crippen molar-refractivity contribution in [1.82, 2.24) is 30.6 Å². The number of ether oxygens (including phenoxy) is 4. The van der Waals surface area contributed by atoms with Crippen molar-refractivity contribution in [3.05, 3.63) is 42.9 Å². The van der Waals surface area contributed by atoms with E-state index in [9.17, 15) is 24.0 Å². The van der Waals surface area contributed by atoms with Gasteiger partial charge in [0.05, 0.1) is 10.0 Å². The van der Waals surface area contributed by atoms with Crippen molar-refractivity contribution in [2.24, 2.45) is 11.5 Å². The molecule has 4 aromatic heterocycles. The predicted octanol–water partition coefficient (Wildman–Crippen LogP) is 6.82. The molecule has 0 bridgehead atoms. The highest BCUT2D eigenvalue weighted by Gasteiger charge is 2.32. The van der Waals surface area contributed by atoms with E-state index >= 15 is 0 Å². The molecule has 60 heavy (non-hydrogen) atoms. The van der Waals surface area contributed by atoms with Gasteiger partial charge in [0, 0.05) is 34.4 Å². The van der Waals surface area contributed by atoms with Crippen LogP contribution in [0.2, 0.25) is 0 Å². The highest BCUT2D eigenvalue weighted by Crippen LogP contribution is 2.28. The first-order chi connectivity index (χ1) is 27.5. The van der Waals surface area contributed by atoms with Gasteiger partial charge >= 0.3 is 24.1 Å². The van der Waals surface area contributed by atoms with Crippen molar-refractivity contribution in [2.75, 3.05) is 0 Å². The van der Waals surface area contributed by atoms with Crippen LogP contribution < -0.4 is 22.1 Å². The normalized spacial score (nSPS) is 12.9. The highest BCUT2D eigenvalue weighted by atomic mass is 32.1. The maximum atomic E-state index is 12.7. The molecule has 4 aromatic rings. The Balaban J connectivity index is 0.000000320. The van der Waals surface area contributed by atoms with Crippen molar-refractivity contribution < 1.29 is 42.9 Å². The van der Waals surface area contributed by atoms with Gasteiger partial charge in [-0.05, 0) is 83.1 Å². The van der Waals surface area contributed by atoms with Gasteiger partial charge in [-0.25, -0.2) is 39.1 Å². The Kier molecular flexibility index (Phi) is 16.8. The van der Waals surface area contributed by atoms with Crippen LogP contribution in [0.3, 0.4) is 0 Å². The fourth-order valence-electron chi connectivity index (χ4n) is 4.40. The Hall–Kier alpha value is -4.64. The Labute approximate surface area is 370 Å². The zero-order valence-electron chi connectivity index (χ0n) is 35.5. The number of carbonyl (C=O) groups excluding carboxylic acids is 5. The highest BCUT2D eigenvalue weighted by molar-refractivity contribution is 7.80. The van der Waals surface area contributed by atoms with Crippen LogP contribution in [0, 0.1) is 0 Å². The number of carbonyl (C=O) groups is 5. The van der Waals surface area contributed by atoms with Crippen LogP contribution in [-0.2, 0) is 41.4 Å². The molecule has 0 spiro atoms. The number of nitrogens with two attached hydrogens (primary N) is 2. The third kappa shape index (κ3) is 17.5. The summed E-state index contributed by atoms with van der Waals surface area (Å²) in [6, 6.07) is -1.92. The number of thiocarbonyl (C=S) groups is 1. The van der Waals surface area contributed by atoms with Gasteiger partial charge in [0.1, 0.15) is 72.3 Å². The molecular formula is C38H52N8O9S5. The lowest BCUT2D eigenvalue weighted by molar-refractivity contribution is -0.158. The first kappa shape index (κ1) is 49.7. The van der Waals surface area contributed by atoms with Gasteiger partial charge in [-0.15, -0.1) is 45.3 Å². The summed E-state index contributed by atoms with van der Waals surface area (Å²) in [5, 5.41) is 14.5. The van der Waals surface area contributed by atoms with Gasteiger partial charge < -0.3 is 41.0 Å². The molecule has 6 N–H and O–H groups in total. The molecule has 328 valence electrons. The molecule has 0 fully saturated rings. The number of rotatable bonds is 12. The van der Waals surface area contributed by atoms with Gasteiger partial charge in [0.2, 0.25) is 0 Å². The first-order valence-electron chi connectivity index (χ1n) is 18.3. The van der Waals surface area contributed by atoms with Crippen LogP contribution in [0.25, 0.3) is 21.4 Å². The minimum Gasteiger partial charge on any atom is -0.458 e. The maximum absolute atomic E-state index is 12.7. The second-order valence-electron chi connectivity index (χ2n) is 16.9. The monoisotopic (exact) mass is 924 g/mol. The minimum atomic E-state index is -0.976. The summed E-state index contributed by atoms with van der Waals surface area (Å²) in [6.07, 6.45) is -1.14. The number of alkyl carbamates (subject to hydrolysis) is 2. The number of primary amides is 1. The number of amides is 3. The van der Waals surface area contributed by atoms with Crippen molar-refractivity contribution in [3.63, 3.8) is 0 Å². The van der Waals surface area contributed by atoms with E-state index in [1.165, 1.54) is 45.3 Å². The fraction of sp³-hybridized carbons (Fsp3) is 0.526. The first-order valence-corrected chi connectivity index (χ1v) is 22.2. The van der Waals surface area contributed by atoms with Gasteiger partial charge in [-0.1, -0.05) is 12.2 Å². The van der Waals surface area contributed by atoms with E-state index in [1.807, 2.05) is 5.38 Å². The number of hydrogen-bond donors (Lipinski definition) is 4. The second kappa shape index (κ2) is 20.3. The summed E-state index contributed by atoms with van der Waals surface area (Å²) in [6.45, 7) is 21.0. The van der Waals surface area contributed by atoms with E-state index in [0.717, 1.165) is 0 Å². The number of hydrogen-bond acceptors (Lipinski definition) is 18. The zero-order valence-corrected chi connectivity index (χ0v) is 39.6. The van der Waals surface area contributed by atoms with Gasteiger partial charge in [0.25, 0.3) is 5.91 Å². The largest absolute Gasteiger partial charge is 0.458 e. The number of thiazole rings is 4. The Bertz CT molecular complexity index is 2000. The summed E-state index contributed by atoms with van der Waals surface area (Å²) in [4.78, 5) is 78.7. The molecule has 0 saturated carbocycles. The summed E-state index contributed by atoms with van der Waals surface area (Å²) < 4.78 is 21.4. The summed E-state index contributed by atoms with van der Waals surface area (Å²) >= 11 is 10.2. The number of esters is 2. The molecule has 0 aromatic carbocycles. The summed E-state index contributed by atoms with van der Waals surface area (Å²) in [7, 11) is 0. The predicted molar refractivity (Wildman–Crippen MR) is 236 cm³/mol. The lowest BCUT2D eigenvalue weighted by Gasteiger charge is -2.25. The van der Waals surface area contributed by atoms with Crippen molar-refractivity contribution in [1.29, 1.82) is 0 Å². The SMILES string of the molecule is CC(C)(C)OC(=O)N[C@@H](Cc1nc(-c2nc(C(N)=O)cs2)cs1)C(=O)OC(C)(C)C.CC(C)(C)OC(=O)N[C@@H](Cc1nc(-c2nc(C(N)=S)cs2)cs1)C(=O)OC(C)(C)C. The van der Waals surface area contributed by atoms with Gasteiger partial charge in [-0.3, -0.25) is 4.79 Å². The molecule has 22 heteroatoms. The van der Waals surface area contributed by atoms with E-state index in [1.54, 1.807) is 99.2 Å². The summed E-state index contributed by atoms with van der Waals surface area (Å²) in [5.74, 6) is -1.76. The van der Waals surface area contributed by atoms with Gasteiger partial charge in [0.15, 0.2) is 0 Å². The number of nitrogens with zero attached hydrogens (tertiary/aromatic N) is 4. The molecule has 4 rings (SSSR count). The van der Waals surface area contributed by atoms with Crippen molar-refractivity contribution in [2.45, 2.75) is 130 Å². The Morgan fingerprint density at radius 2 is 0.917 bits per heavy atom. The van der Waals surface area contributed by atoms with Crippen molar-refractivity contribution in [3.8, 4) is 21.4 Å². The molecule has 17 nitrogen and oxygen atoms in total. The van der Waals surface area contributed by atoms with Crippen LogP contribution in [-0.4, -0.2) is 89.4 Å². The molecule has 3 amide bonds. The summed E-state index contributed by atoms with van der Waals surface area (Å²) in [5.41, 5.74) is 9.95. The number of nitrogens with one attached hydrogen (secondary N) is 2. The van der Waals surface area contributed by atoms with Crippen LogP contribution in [0.15, 0.2) is 21.5 Å². The number of aromatic nitrogens is 4. The average Bonchev–Trinajstić information content (AvgIpc) is 3.88. The maximum Gasteiger partial charge on any atom is 0.408 e. The zero-order chi connectivity index (χ0) is 45.4. The lowest BCUT2D eigenvalue weighted by Crippen LogP contribution is -2.47. The Morgan fingerprint density at radius 3 is 1.22 bits per heavy atom. The average molecular weight is 925 g/mol. The smallest absolute Gasteiger partial charge is 0.408 e. The topological polar surface area (TPSA) is 250 Å². The Morgan fingerprint density at radius 1 is 0.567 bits per heavy atom. The van der Waals surface area contributed by atoms with E-state index in [4.69, 9.17) is 42.6 Å². The molecule has 0 aliphatic heterocycles. The molecule has 0 unspecified atom stereocenters. The molecular weight excluding hydrogens is 873 g/mol. The second-order valence-corrected chi connectivity index (χ2v) is 21.0. The van der Waals surface area contributed by atoms with Crippen LogP contribution in [0.5, 0.6) is 0 Å². The molecule has 4 heterocycles. The van der Waals surface area contributed by atoms with E-state index in [2.05, 4.69) is 30.6 Å². The van der Waals surface area contributed by atoms with E-state index < -0.39 is 64.5 Å². The molecule has 2 atom stereocenters. The molecule has 0 saturated heterocycles. The van der Waals surface area contributed by atoms with Gasteiger partial charge in [-0.2, -0.15) is 0 Å². The fourth-order valence-corrected chi connectivity index (χ4v) is 7.92. The molecule has 0 radical (unpaired) electrons. The standard InChI is InChI=1S/C19H26N4O5S2.C19H26N4O4S3/c1-18(2,3)27-16(25)10(23-17(26)28-19(4,5)6)7-13-21-12(9-29-13)15-22-11(8-30-15)14(20)24;1-18(2,3)26-16(24)10(23-17(25)27-19(4,5)6)7-13-21-12(9-29-13)15-22-11(8-30-15)14(20)28/h8-10H,7H2,1-6H3,(H2,20,24)(H,23,26);8-10H,7H2,1-6H3,(H2,20,28)(H,23,25)/t2*10-/m00/s1. The van der Waals surface area contributed by atoms with Crippen LogP contribution in [0.4, 0.5) is 9.59 Å². The lowest BCUT2D eigenvalue weighted by atomic mass is 10.1.